The average Bonchev–Trinajstić information content (AvgIpc) is 2.40. The lowest BCUT2D eigenvalue weighted by molar-refractivity contribution is -0.112. The topological polar surface area (TPSA) is 34.1 Å². The van der Waals surface area contributed by atoms with Crippen molar-refractivity contribution in [3.05, 3.63) is 0 Å². The summed E-state index contributed by atoms with van der Waals surface area (Å²) in [5.41, 5.74) is 0. The Morgan fingerprint density at radius 3 is 2.12 bits per heavy atom. The molecule has 2 nitrogen and oxygen atoms in total. The molecule has 0 amide bonds. The van der Waals surface area contributed by atoms with Gasteiger partial charge in [0.15, 0.2) is 0 Å². The number of thioether (sulfide) groups is 1. The van der Waals surface area contributed by atoms with E-state index in [0.29, 0.717) is 17.1 Å². The summed E-state index contributed by atoms with van der Waals surface area (Å²) in [4.78, 5) is 21.5. The van der Waals surface area contributed by atoms with Crippen molar-refractivity contribution in [2.75, 3.05) is 0 Å². The van der Waals surface area contributed by atoms with Gasteiger partial charge < -0.3 is 9.59 Å². The van der Waals surface area contributed by atoms with E-state index in [1.807, 2.05) is 0 Å². The van der Waals surface area contributed by atoms with Crippen LogP contribution in [0.5, 0.6) is 0 Å². The van der Waals surface area contributed by atoms with Gasteiger partial charge in [0.1, 0.15) is 12.6 Å². The zero-order valence-corrected chi connectivity index (χ0v) is 11.2. The highest BCUT2D eigenvalue weighted by molar-refractivity contribution is 8.00. The molecule has 0 bridgehead atoms. The summed E-state index contributed by atoms with van der Waals surface area (Å²) in [7, 11) is 0. The van der Waals surface area contributed by atoms with Gasteiger partial charge in [0, 0.05) is 22.3 Å². The van der Waals surface area contributed by atoms with Gasteiger partial charge in [0.25, 0.3) is 0 Å². The normalized spacial score (nSPS) is 38.6. The van der Waals surface area contributed by atoms with E-state index in [-0.39, 0.29) is 0 Å². The molecule has 0 aromatic rings. The molecule has 0 aromatic carbocycles. The van der Waals surface area contributed by atoms with Crippen LogP contribution in [0.4, 0.5) is 0 Å². The second-order valence-corrected chi connectivity index (χ2v) is 7.10. The molecule has 2 rings (SSSR count). The molecular formula is C14H22O2S. The summed E-state index contributed by atoms with van der Waals surface area (Å²) < 4.78 is 0. The van der Waals surface area contributed by atoms with Crippen molar-refractivity contribution < 1.29 is 9.59 Å². The van der Waals surface area contributed by atoms with Gasteiger partial charge in [0.2, 0.25) is 0 Å². The van der Waals surface area contributed by atoms with E-state index < -0.39 is 0 Å². The highest BCUT2D eigenvalue weighted by Gasteiger charge is 2.27. The van der Waals surface area contributed by atoms with Crippen molar-refractivity contribution in [1.29, 1.82) is 0 Å². The molecule has 17 heavy (non-hydrogen) atoms. The second kappa shape index (κ2) is 6.58. The Morgan fingerprint density at radius 1 is 0.765 bits per heavy atom. The van der Waals surface area contributed by atoms with Gasteiger partial charge in [-0.2, -0.15) is 11.8 Å². The SMILES string of the molecule is O=CC1CCC(SC2CCCC(C=O)C2)CC1. The molecule has 2 fully saturated rings. The zero-order valence-electron chi connectivity index (χ0n) is 10.3. The van der Waals surface area contributed by atoms with Crippen LogP contribution in [-0.4, -0.2) is 23.1 Å². The fraction of sp³-hybridized carbons (Fsp3) is 0.857. The van der Waals surface area contributed by atoms with E-state index in [4.69, 9.17) is 0 Å². The molecule has 0 spiro atoms. The van der Waals surface area contributed by atoms with E-state index in [2.05, 4.69) is 11.8 Å². The third-order valence-electron chi connectivity index (χ3n) is 4.16. The minimum atomic E-state index is 0.313. The van der Waals surface area contributed by atoms with Crippen LogP contribution in [0.2, 0.25) is 0 Å². The van der Waals surface area contributed by atoms with Crippen molar-refractivity contribution in [1.82, 2.24) is 0 Å². The predicted octanol–water partition coefficient (Wildman–Crippen LogP) is 3.24. The molecule has 0 heterocycles. The summed E-state index contributed by atoms with van der Waals surface area (Å²) in [6.07, 6.45) is 11.5. The molecular weight excluding hydrogens is 232 g/mol. The van der Waals surface area contributed by atoms with Crippen molar-refractivity contribution >= 4 is 24.3 Å². The van der Waals surface area contributed by atoms with E-state index in [9.17, 15) is 9.59 Å². The van der Waals surface area contributed by atoms with Crippen molar-refractivity contribution in [2.45, 2.75) is 61.9 Å². The third kappa shape index (κ3) is 3.84. The van der Waals surface area contributed by atoms with Crippen LogP contribution in [-0.2, 0) is 9.59 Å². The number of carbonyl (C=O) groups is 2. The van der Waals surface area contributed by atoms with E-state index in [1.165, 1.54) is 25.7 Å². The Bertz CT molecular complexity index is 259. The van der Waals surface area contributed by atoms with E-state index >= 15 is 0 Å². The Labute approximate surface area is 108 Å². The minimum Gasteiger partial charge on any atom is -0.303 e. The van der Waals surface area contributed by atoms with Crippen LogP contribution in [0, 0.1) is 11.8 Å². The first kappa shape index (κ1) is 13.1. The fourth-order valence-electron chi connectivity index (χ4n) is 3.06. The number of hydrogen-bond acceptors (Lipinski definition) is 3. The minimum absolute atomic E-state index is 0.313. The Kier molecular flexibility index (Phi) is 5.08. The summed E-state index contributed by atoms with van der Waals surface area (Å²) in [6.45, 7) is 0. The van der Waals surface area contributed by atoms with Crippen molar-refractivity contribution in [2.24, 2.45) is 11.8 Å². The number of carbonyl (C=O) groups excluding carboxylic acids is 2. The van der Waals surface area contributed by atoms with Gasteiger partial charge in [-0.25, -0.2) is 0 Å². The lowest BCUT2D eigenvalue weighted by Crippen LogP contribution is -2.23. The Hall–Kier alpha value is -0.310. The van der Waals surface area contributed by atoms with Crippen LogP contribution in [0.1, 0.15) is 51.4 Å². The first-order chi connectivity index (χ1) is 8.31. The molecule has 2 saturated carbocycles. The molecule has 2 aliphatic rings. The standard InChI is InChI=1S/C14H22O2S/c15-9-11-4-6-13(7-5-11)17-14-3-1-2-12(8-14)10-16/h9-14H,1-8H2. The molecule has 2 aliphatic carbocycles. The Morgan fingerprint density at radius 2 is 1.47 bits per heavy atom. The largest absolute Gasteiger partial charge is 0.303 e. The predicted molar refractivity (Wildman–Crippen MR) is 71.2 cm³/mol. The number of hydrogen-bond donors (Lipinski definition) is 0. The molecule has 0 radical (unpaired) electrons. The third-order valence-corrected chi connectivity index (χ3v) is 5.82. The average molecular weight is 254 g/mol. The molecule has 2 atom stereocenters. The maximum absolute atomic E-state index is 10.8. The molecule has 0 aliphatic heterocycles. The first-order valence-electron chi connectivity index (χ1n) is 6.88. The first-order valence-corrected chi connectivity index (χ1v) is 7.82. The second-order valence-electron chi connectivity index (χ2n) is 5.49. The smallest absolute Gasteiger partial charge is 0.123 e. The van der Waals surface area contributed by atoms with Gasteiger partial charge in [-0.3, -0.25) is 0 Å². The van der Waals surface area contributed by atoms with Crippen LogP contribution >= 0.6 is 11.8 Å². The van der Waals surface area contributed by atoms with Gasteiger partial charge in [-0.05, 0) is 44.9 Å². The van der Waals surface area contributed by atoms with Gasteiger partial charge in [-0.15, -0.1) is 0 Å². The highest BCUT2D eigenvalue weighted by Crippen LogP contribution is 2.39. The summed E-state index contributed by atoms with van der Waals surface area (Å²) in [5, 5.41) is 1.43. The summed E-state index contributed by atoms with van der Waals surface area (Å²) >= 11 is 2.10. The lowest BCUT2D eigenvalue weighted by Gasteiger charge is -2.31. The fourth-order valence-corrected chi connectivity index (χ4v) is 4.81. The van der Waals surface area contributed by atoms with Crippen LogP contribution in [0.3, 0.4) is 0 Å². The highest BCUT2D eigenvalue weighted by atomic mass is 32.2. The molecule has 0 saturated heterocycles. The van der Waals surface area contributed by atoms with E-state index in [0.717, 1.165) is 43.5 Å². The van der Waals surface area contributed by atoms with Gasteiger partial charge >= 0.3 is 0 Å². The van der Waals surface area contributed by atoms with Crippen molar-refractivity contribution in [3.8, 4) is 0 Å². The van der Waals surface area contributed by atoms with E-state index in [1.54, 1.807) is 0 Å². The number of aldehydes is 2. The maximum Gasteiger partial charge on any atom is 0.123 e. The molecule has 0 aromatic heterocycles. The molecule has 96 valence electrons. The van der Waals surface area contributed by atoms with Gasteiger partial charge in [-0.1, -0.05) is 6.42 Å². The Balaban J connectivity index is 1.73. The van der Waals surface area contributed by atoms with Crippen LogP contribution < -0.4 is 0 Å². The quantitative estimate of drug-likeness (QED) is 0.722. The van der Waals surface area contributed by atoms with Crippen LogP contribution in [0.15, 0.2) is 0 Å². The zero-order chi connectivity index (χ0) is 12.1. The summed E-state index contributed by atoms with van der Waals surface area (Å²) in [6, 6.07) is 0. The molecule has 2 unspecified atom stereocenters. The van der Waals surface area contributed by atoms with Crippen molar-refractivity contribution in [3.63, 3.8) is 0 Å². The summed E-state index contributed by atoms with van der Waals surface area (Å²) in [5.74, 6) is 0.633. The lowest BCUT2D eigenvalue weighted by atomic mass is 9.90. The maximum atomic E-state index is 10.8. The van der Waals surface area contributed by atoms with Crippen LogP contribution in [0.25, 0.3) is 0 Å². The molecule has 0 N–H and O–H groups in total. The van der Waals surface area contributed by atoms with Gasteiger partial charge in [0.05, 0.1) is 0 Å². The monoisotopic (exact) mass is 254 g/mol. The number of rotatable bonds is 4. The molecule has 3 heteroatoms.